The summed E-state index contributed by atoms with van der Waals surface area (Å²) in [5.74, 6) is -1.00. The molecule has 0 aromatic carbocycles. The van der Waals surface area contributed by atoms with Crippen molar-refractivity contribution >= 4 is 11.9 Å². The van der Waals surface area contributed by atoms with Crippen LogP contribution in [-0.4, -0.2) is 56.2 Å². The normalized spacial score (nSPS) is 22.7. The first-order valence-corrected chi connectivity index (χ1v) is 9.86. The van der Waals surface area contributed by atoms with Crippen LogP contribution < -0.4 is 5.69 Å². The Morgan fingerprint density at radius 1 is 1.32 bits per heavy atom. The fourth-order valence-electron chi connectivity index (χ4n) is 3.69. The molecule has 1 aliphatic rings. The van der Waals surface area contributed by atoms with Crippen LogP contribution >= 0.6 is 0 Å². The lowest BCUT2D eigenvalue weighted by atomic mass is 9.72. The molecule has 1 saturated heterocycles. The van der Waals surface area contributed by atoms with E-state index in [1.807, 2.05) is 27.7 Å². The van der Waals surface area contributed by atoms with E-state index in [0.717, 1.165) is 0 Å². The Labute approximate surface area is 165 Å². The number of carbonyl (C=O) groups excluding carboxylic acids is 1. The lowest BCUT2D eigenvalue weighted by Crippen LogP contribution is -2.57. The smallest absolute Gasteiger partial charge is 0.345 e. The maximum atomic E-state index is 13.0. The molecular formula is C20H31N3O5. The number of aromatic nitrogens is 2. The number of hydrogen-bond acceptors (Lipinski definition) is 5. The monoisotopic (exact) mass is 393 g/mol. The number of nitrogens with zero attached hydrogens (tertiary/aromatic N) is 2. The molecule has 28 heavy (non-hydrogen) atoms. The van der Waals surface area contributed by atoms with E-state index in [9.17, 15) is 24.6 Å². The van der Waals surface area contributed by atoms with Gasteiger partial charge in [0.05, 0.1) is 6.10 Å². The van der Waals surface area contributed by atoms with E-state index < -0.39 is 29.1 Å². The van der Waals surface area contributed by atoms with Gasteiger partial charge in [0.15, 0.2) is 0 Å². The topological polar surface area (TPSA) is 124 Å². The zero-order valence-corrected chi connectivity index (χ0v) is 17.1. The number of aromatic amines is 1. The summed E-state index contributed by atoms with van der Waals surface area (Å²) in [6, 6.07) is 1.56. The number of carbonyl (C=O) groups is 2. The van der Waals surface area contributed by atoms with Gasteiger partial charge in [0.25, 0.3) is 5.91 Å². The number of carboxylic acid groups (broad SMARTS) is 1. The molecule has 1 amide bonds. The number of piperidine rings is 1. The van der Waals surface area contributed by atoms with Crippen LogP contribution in [0.3, 0.4) is 0 Å². The average Bonchev–Trinajstić information content (AvgIpc) is 2.59. The first-order valence-electron chi connectivity index (χ1n) is 9.86. The van der Waals surface area contributed by atoms with Gasteiger partial charge in [-0.3, -0.25) is 9.59 Å². The molecule has 0 aliphatic carbocycles. The molecule has 0 radical (unpaired) electrons. The van der Waals surface area contributed by atoms with Crippen molar-refractivity contribution in [2.75, 3.05) is 13.1 Å². The summed E-state index contributed by atoms with van der Waals surface area (Å²) in [6.07, 6.45) is 0.679. The third-order valence-corrected chi connectivity index (χ3v) is 5.31. The fourth-order valence-corrected chi connectivity index (χ4v) is 3.69. The van der Waals surface area contributed by atoms with Crippen LogP contribution in [0.5, 0.6) is 0 Å². The zero-order valence-electron chi connectivity index (χ0n) is 17.1. The summed E-state index contributed by atoms with van der Waals surface area (Å²) in [7, 11) is 0. The van der Waals surface area contributed by atoms with Crippen LogP contribution in [-0.2, 0) is 11.2 Å². The Kier molecular flexibility index (Phi) is 6.98. The van der Waals surface area contributed by atoms with Crippen molar-refractivity contribution in [3.8, 4) is 0 Å². The standard InChI is InChI=1S/C20H31N3O5/c1-12(2)5-7-20(18(26)27)11-23(8-6-16(20)24)17(25)15-10-14(9-13(3)4)21-19(28)22-15/h10,12-13,16,24H,5-9,11H2,1-4H3,(H,26,27)(H,21,22,28)/t16-,20+/m0/s1. The van der Waals surface area contributed by atoms with Crippen LogP contribution in [0, 0.1) is 17.3 Å². The largest absolute Gasteiger partial charge is 0.481 e. The number of hydrogen-bond donors (Lipinski definition) is 3. The Balaban J connectivity index is 2.29. The summed E-state index contributed by atoms with van der Waals surface area (Å²) >= 11 is 0. The molecule has 2 atom stereocenters. The molecule has 1 fully saturated rings. The van der Waals surface area contributed by atoms with Crippen molar-refractivity contribution in [2.45, 2.75) is 59.5 Å². The maximum Gasteiger partial charge on any atom is 0.345 e. The molecule has 1 aromatic heterocycles. The van der Waals surface area contributed by atoms with Crippen LogP contribution in [0.15, 0.2) is 10.9 Å². The summed E-state index contributed by atoms with van der Waals surface area (Å²) in [5.41, 5.74) is -1.36. The molecule has 0 spiro atoms. The molecule has 1 aromatic rings. The molecule has 0 unspecified atom stereocenters. The second kappa shape index (κ2) is 8.86. The second-order valence-corrected chi connectivity index (χ2v) is 8.62. The first kappa shape index (κ1) is 22.1. The first-order chi connectivity index (χ1) is 13.0. The van der Waals surface area contributed by atoms with E-state index in [1.165, 1.54) is 4.90 Å². The minimum absolute atomic E-state index is 0.0129. The number of amides is 1. The van der Waals surface area contributed by atoms with E-state index in [-0.39, 0.29) is 37.5 Å². The van der Waals surface area contributed by atoms with Gasteiger partial charge in [0.2, 0.25) is 0 Å². The van der Waals surface area contributed by atoms with Gasteiger partial charge >= 0.3 is 11.7 Å². The fraction of sp³-hybridized carbons (Fsp3) is 0.700. The highest BCUT2D eigenvalue weighted by Crippen LogP contribution is 2.37. The SMILES string of the molecule is CC(C)CC[C@@]1(C(=O)O)CN(C(=O)c2cc(CC(C)C)[nH]c(=O)n2)CC[C@@H]1O. The molecule has 0 saturated carbocycles. The van der Waals surface area contributed by atoms with E-state index in [0.29, 0.717) is 24.5 Å². The average molecular weight is 393 g/mol. The van der Waals surface area contributed by atoms with Gasteiger partial charge in [-0.15, -0.1) is 0 Å². The van der Waals surface area contributed by atoms with Crippen LogP contribution in [0.25, 0.3) is 0 Å². The van der Waals surface area contributed by atoms with Crippen LogP contribution in [0.1, 0.15) is 63.1 Å². The number of likely N-dealkylation sites (tertiary alicyclic amines) is 1. The van der Waals surface area contributed by atoms with Crippen molar-refractivity contribution in [1.29, 1.82) is 0 Å². The summed E-state index contributed by atoms with van der Waals surface area (Å²) in [4.78, 5) is 44.8. The van der Waals surface area contributed by atoms with Gasteiger partial charge in [-0.1, -0.05) is 27.7 Å². The predicted molar refractivity (Wildman–Crippen MR) is 104 cm³/mol. The third kappa shape index (κ3) is 4.98. The molecule has 2 heterocycles. The summed E-state index contributed by atoms with van der Waals surface area (Å²) < 4.78 is 0. The maximum absolute atomic E-state index is 13.0. The van der Waals surface area contributed by atoms with E-state index >= 15 is 0 Å². The van der Waals surface area contributed by atoms with Crippen molar-refractivity contribution in [3.63, 3.8) is 0 Å². The Bertz CT molecular complexity index is 773. The molecule has 8 heteroatoms. The third-order valence-electron chi connectivity index (χ3n) is 5.31. The minimum atomic E-state index is -1.40. The highest BCUT2D eigenvalue weighted by atomic mass is 16.4. The van der Waals surface area contributed by atoms with Crippen LogP contribution in [0.4, 0.5) is 0 Å². The van der Waals surface area contributed by atoms with Gasteiger partial charge in [-0.2, -0.15) is 4.98 Å². The van der Waals surface area contributed by atoms with Gasteiger partial charge in [0, 0.05) is 18.8 Å². The Morgan fingerprint density at radius 2 is 2.00 bits per heavy atom. The number of carboxylic acids is 1. The Morgan fingerprint density at radius 3 is 2.57 bits per heavy atom. The molecule has 2 rings (SSSR count). The number of aliphatic carboxylic acids is 1. The lowest BCUT2D eigenvalue weighted by molar-refractivity contribution is -0.163. The molecule has 0 bridgehead atoms. The zero-order chi connectivity index (χ0) is 21.1. The number of aliphatic hydroxyl groups is 1. The van der Waals surface area contributed by atoms with Gasteiger partial charge in [0.1, 0.15) is 11.1 Å². The van der Waals surface area contributed by atoms with E-state index in [2.05, 4.69) is 9.97 Å². The quantitative estimate of drug-likeness (QED) is 0.648. The van der Waals surface area contributed by atoms with Crippen molar-refractivity contribution in [2.24, 2.45) is 17.3 Å². The lowest BCUT2D eigenvalue weighted by Gasteiger charge is -2.43. The minimum Gasteiger partial charge on any atom is -0.481 e. The van der Waals surface area contributed by atoms with Crippen molar-refractivity contribution in [1.82, 2.24) is 14.9 Å². The molecule has 8 nitrogen and oxygen atoms in total. The van der Waals surface area contributed by atoms with E-state index in [1.54, 1.807) is 6.07 Å². The Hall–Kier alpha value is -2.22. The second-order valence-electron chi connectivity index (χ2n) is 8.62. The predicted octanol–water partition coefficient (Wildman–Crippen LogP) is 1.68. The summed E-state index contributed by atoms with van der Waals surface area (Å²) in [5, 5.41) is 20.3. The highest BCUT2D eigenvalue weighted by Gasteiger charge is 2.50. The van der Waals surface area contributed by atoms with Crippen molar-refractivity contribution in [3.05, 3.63) is 27.9 Å². The molecule has 3 N–H and O–H groups in total. The summed E-state index contributed by atoms with van der Waals surface area (Å²) in [6.45, 7) is 8.12. The number of aliphatic hydroxyl groups excluding tert-OH is 1. The highest BCUT2D eigenvalue weighted by molar-refractivity contribution is 5.93. The van der Waals surface area contributed by atoms with Gasteiger partial charge in [-0.25, -0.2) is 4.79 Å². The van der Waals surface area contributed by atoms with Crippen LogP contribution in [0.2, 0.25) is 0 Å². The van der Waals surface area contributed by atoms with Gasteiger partial charge in [-0.05, 0) is 43.6 Å². The molecule has 1 aliphatic heterocycles. The van der Waals surface area contributed by atoms with Crippen molar-refractivity contribution < 1.29 is 19.8 Å². The number of H-pyrrole nitrogens is 1. The molecule has 156 valence electrons. The number of rotatable bonds is 7. The molecular weight excluding hydrogens is 362 g/mol. The van der Waals surface area contributed by atoms with E-state index in [4.69, 9.17) is 0 Å². The van der Waals surface area contributed by atoms with Gasteiger partial charge < -0.3 is 20.1 Å². The number of nitrogens with one attached hydrogen (secondary N) is 1.